The molecular formula is C12H21N3O. The van der Waals surface area contributed by atoms with Crippen LogP contribution in [0.15, 0.2) is 12.3 Å². The second-order valence-electron chi connectivity index (χ2n) is 5.53. The molecule has 4 nitrogen and oxygen atoms in total. The van der Waals surface area contributed by atoms with Crippen molar-refractivity contribution in [3.05, 3.63) is 12.3 Å². The highest BCUT2D eigenvalue weighted by atomic mass is 16.5. The maximum absolute atomic E-state index is 5.79. The lowest BCUT2D eigenvalue weighted by Crippen LogP contribution is -2.29. The fraction of sp³-hybridized carbons (Fsp3) is 0.750. The van der Waals surface area contributed by atoms with Crippen molar-refractivity contribution in [2.45, 2.75) is 26.4 Å². The monoisotopic (exact) mass is 223 g/mol. The van der Waals surface area contributed by atoms with Crippen molar-refractivity contribution in [1.82, 2.24) is 9.78 Å². The topological polar surface area (TPSA) is 30.3 Å². The Morgan fingerprint density at radius 3 is 2.88 bits per heavy atom. The van der Waals surface area contributed by atoms with Gasteiger partial charge in [-0.2, -0.15) is 5.10 Å². The smallest absolute Gasteiger partial charge is 0.150 e. The summed E-state index contributed by atoms with van der Waals surface area (Å²) in [5.74, 6) is 1.01. The van der Waals surface area contributed by atoms with Crippen LogP contribution in [0, 0.1) is 5.41 Å². The molecule has 0 amide bonds. The zero-order chi connectivity index (χ0) is 11.8. The summed E-state index contributed by atoms with van der Waals surface area (Å²) in [7, 11) is 4.00. The SMILES string of the molecule is CN(CC1CC(C)(C)CO1)c1ccn(C)n1. The number of hydrogen-bond donors (Lipinski definition) is 0. The fourth-order valence-electron chi connectivity index (χ4n) is 2.20. The molecule has 4 heteroatoms. The van der Waals surface area contributed by atoms with Gasteiger partial charge >= 0.3 is 0 Å². The molecule has 1 saturated heterocycles. The zero-order valence-electron chi connectivity index (χ0n) is 10.6. The Balaban J connectivity index is 1.91. The Bertz CT molecular complexity index is 359. The minimum Gasteiger partial charge on any atom is -0.376 e. The van der Waals surface area contributed by atoms with E-state index in [0.717, 1.165) is 25.4 Å². The van der Waals surface area contributed by atoms with Gasteiger partial charge in [0.15, 0.2) is 0 Å². The summed E-state index contributed by atoms with van der Waals surface area (Å²) in [6, 6.07) is 2.03. The number of aryl methyl sites for hydroxylation is 1. The highest BCUT2D eigenvalue weighted by Gasteiger charge is 2.32. The zero-order valence-corrected chi connectivity index (χ0v) is 10.6. The molecule has 0 aliphatic carbocycles. The molecule has 1 aliphatic rings. The van der Waals surface area contributed by atoms with Crippen molar-refractivity contribution in [2.75, 3.05) is 25.1 Å². The van der Waals surface area contributed by atoms with Crippen LogP contribution in [0.3, 0.4) is 0 Å². The summed E-state index contributed by atoms with van der Waals surface area (Å²) in [6.45, 7) is 6.30. The van der Waals surface area contributed by atoms with Crippen molar-refractivity contribution < 1.29 is 4.74 Å². The number of ether oxygens (including phenoxy) is 1. The first kappa shape index (κ1) is 11.5. The fourth-order valence-corrected chi connectivity index (χ4v) is 2.20. The first-order chi connectivity index (χ1) is 7.46. The first-order valence-electron chi connectivity index (χ1n) is 5.79. The molecule has 0 N–H and O–H groups in total. The molecule has 1 aromatic rings. The van der Waals surface area contributed by atoms with Gasteiger partial charge in [0.25, 0.3) is 0 Å². The van der Waals surface area contributed by atoms with Crippen molar-refractivity contribution in [2.24, 2.45) is 12.5 Å². The molecule has 16 heavy (non-hydrogen) atoms. The van der Waals surface area contributed by atoms with Gasteiger partial charge < -0.3 is 9.64 Å². The number of likely N-dealkylation sites (N-methyl/N-ethyl adjacent to an activating group) is 1. The van der Waals surface area contributed by atoms with Gasteiger partial charge in [0.2, 0.25) is 0 Å². The molecule has 0 saturated carbocycles. The Hall–Kier alpha value is -1.03. The van der Waals surface area contributed by atoms with E-state index in [0.29, 0.717) is 11.5 Å². The summed E-state index contributed by atoms with van der Waals surface area (Å²) in [5, 5.41) is 4.38. The Morgan fingerprint density at radius 2 is 2.38 bits per heavy atom. The average molecular weight is 223 g/mol. The van der Waals surface area contributed by atoms with Crippen molar-refractivity contribution in [3.8, 4) is 0 Å². The van der Waals surface area contributed by atoms with Crippen LogP contribution in [0.5, 0.6) is 0 Å². The van der Waals surface area contributed by atoms with Gasteiger partial charge in [0, 0.05) is 32.9 Å². The van der Waals surface area contributed by atoms with Gasteiger partial charge in [0.1, 0.15) is 5.82 Å². The van der Waals surface area contributed by atoms with Gasteiger partial charge in [0.05, 0.1) is 12.7 Å². The predicted molar refractivity (Wildman–Crippen MR) is 64.6 cm³/mol. The molecule has 1 unspecified atom stereocenters. The molecule has 2 rings (SSSR count). The summed E-state index contributed by atoms with van der Waals surface area (Å²) in [5.41, 5.74) is 0.329. The second-order valence-corrected chi connectivity index (χ2v) is 5.53. The van der Waals surface area contributed by atoms with Crippen molar-refractivity contribution in [1.29, 1.82) is 0 Å². The van der Waals surface area contributed by atoms with E-state index in [-0.39, 0.29) is 0 Å². The van der Waals surface area contributed by atoms with E-state index >= 15 is 0 Å². The van der Waals surface area contributed by atoms with Gasteiger partial charge in [-0.25, -0.2) is 0 Å². The summed E-state index contributed by atoms with van der Waals surface area (Å²) in [4.78, 5) is 2.16. The number of hydrogen-bond acceptors (Lipinski definition) is 3. The van der Waals surface area contributed by atoms with Crippen LogP contribution in [0.2, 0.25) is 0 Å². The summed E-state index contributed by atoms with van der Waals surface area (Å²) >= 11 is 0. The van der Waals surface area contributed by atoms with E-state index in [2.05, 4.69) is 30.9 Å². The standard InChI is InChI=1S/C12H21N3O/c1-12(2)7-10(16-9-12)8-14(3)11-5-6-15(4)13-11/h5-6,10H,7-9H2,1-4H3. The Labute approximate surface area is 97.2 Å². The first-order valence-corrected chi connectivity index (χ1v) is 5.79. The Morgan fingerprint density at radius 1 is 1.62 bits per heavy atom. The second kappa shape index (κ2) is 4.09. The minimum absolute atomic E-state index is 0.329. The van der Waals surface area contributed by atoms with Gasteiger partial charge in [-0.1, -0.05) is 13.8 Å². The normalized spacial score (nSPS) is 23.6. The quantitative estimate of drug-likeness (QED) is 0.781. The van der Waals surface area contributed by atoms with Gasteiger partial charge in [-0.3, -0.25) is 4.68 Å². The van der Waals surface area contributed by atoms with Gasteiger partial charge in [-0.05, 0) is 11.8 Å². The molecule has 0 spiro atoms. The highest BCUT2D eigenvalue weighted by Crippen LogP contribution is 2.31. The Kier molecular flexibility index (Phi) is 2.93. The third-order valence-electron chi connectivity index (χ3n) is 3.06. The lowest BCUT2D eigenvalue weighted by molar-refractivity contribution is 0.104. The maximum Gasteiger partial charge on any atom is 0.150 e. The number of anilines is 1. The van der Waals surface area contributed by atoms with Crippen LogP contribution in [0.25, 0.3) is 0 Å². The molecule has 0 aromatic carbocycles. The maximum atomic E-state index is 5.79. The van der Waals surface area contributed by atoms with Crippen LogP contribution >= 0.6 is 0 Å². The van der Waals surface area contributed by atoms with Crippen LogP contribution in [0.4, 0.5) is 5.82 Å². The summed E-state index contributed by atoms with van der Waals surface area (Å²) < 4.78 is 7.62. The molecule has 0 radical (unpaired) electrons. The molecular weight excluding hydrogens is 202 g/mol. The molecule has 1 aromatic heterocycles. The van der Waals surface area contributed by atoms with E-state index in [4.69, 9.17) is 4.74 Å². The summed E-state index contributed by atoms with van der Waals surface area (Å²) in [6.07, 6.45) is 3.43. The number of aromatic nitrogens is 2. The van der Waals surface area contributed by atoms with Crippen molar-refractivity contribution >= 4 is 5.82 Å². The molecule has 90 valence electrons. The van der Waals surface area contributed by atoms with E-state index in [1.165, 1.54) is 0 Å². The average Bonchev–Trinajstić information content (AvgIpc) is 2.73. The molecule has 0 bridgehead atoms. The predicted octanol–water partition coefficient (Wildman–Crippen LogP) is 1.67. The molecule has 1 aliphatic heterocycles. The van der Waals surface area contributed by atoms with Crippen LogP contribution in [-0.4, -0.2) is 36.1 Å². The van der Waals surface area contributed by atoms with E-state index in [9.17, 15) is 0 Å². The van der Waals surface area contributed by atoms with Crippen LogP contribution in [0.1, 0.15) is 20.3 Å². The lowest BCUT2D eigenvalue weighted by Gasteiger charge is -2.20. The lowest BCUT2D eigenvalue weighted by atomic mass is 9.90. The number of nitrogens with zero attached hydrogens (tertiary/aromatic N) is 3. The molecule has 2 heterocycles. The van der Waals surface area contributed by atoms with E-state index in [1.54, 1.807) is 0 Å². The van der Waals surface area contributed by atoms with Crippen LogP contribution in [-0.2, 0) is 11.8 Å². The highest BCUT2D eigenvalue weighted by molar-refractivity contribution is 5.35. The minimum atomic E-state index is 0.329. The third kappa shape index (κ3) is 2.55. The van der Waals surface area contributed by atoms with Gasteiger partial charge in [-0.15, -0.1) is 0 Å². The largest absolute Gasteiger partial charge is 0.376 e. The number of rotatable bonds is 3. The molecule has 1 fully saturated rings. The third-order valence-corrected chi connectivity index (χ3v) is 3.06. The molecule has 1 atom stereocenters. The van der Waals surface area contributed by atoms with Crippen molar-refractivity contribution in [3.63, 3.8) is 0 Å². The van der Waals surface area contributed by atoms with Crippen LogP contribution < -0.4 is 4.90 Å². The van der Waals surface area contributed by atoms with E-state index < -0.39 is 0 Å². The van der Waals surface area contributed by atoms with E-state index in [1.807, 2.05) is 24.0 Å².